The van der Waals surface area contributed by atoms with Crippen molar-refractivity contribution in [2.45, 2.75) is 19.8 Å². The maximum Gasteiger partial charge on any atom is 0.0691 e. The molecule has 0 fully saturated rings. The molecule has 0 spiro atoms. The Morgan fingerprint density at radius 3 is 1.58 bits per heavy atom. The maximum atomic E-state index is 4.81. The van der Waals surface area contributed by atoms with E-state index in [1.165, 1.54) is 5.57 Å². The summed E-state index contributed by atoms with van der Waals surface area (Å²) in [5.74, 6) is 0. The molecule has 8 bridgehead atoms. The van der Waals surface area contributed by atoms with Crippen molar-refractivity contribution in [3.05, 3.63) is 126 Å². The van der Waals surface area contributed by atoms with Crippen LogP contribution in [0.25, 0.3) is 0 Å². The number of aromatic nitrogens is 1. The van der Waals surface area contributed by atoms with Crippen LogP contribution in [0.15, 0.2) is 146 Å². The van der Waals surface area contributed by atoms with Crippen LogP contribution in [0.2, 0.25) is 0 Å². The molecule has 6 rings (SSSR count). The molecule has 0 radical (unpaired) electrons. The van der Waals surface area contributed by atoms with Crippen molar-refractivity contribution in [2.24, 2.45) is 20.0 Å². The first-order valence-electron chi connectivity index (χ1n) is 11.1. The quantitative estimate of drug-likeness (QED) is 0.583. The fourth-order valence-corrected chi connectivity index (χ4v) is 3.74. The summed E-state index contributed by atoms with van der Waals surface area (Å²) >= 11 is 0. The van der Waals surface area contributed by atoms with Crippen LogP contribution in [0.1, 0.15) is 19.8 Å². The zero-order valence-electron chi connectivity index (χ0n) is 18.4. The number of rotatable bonds is 2. The first-order chi connectivity index (χ1) is 16.2. The molecule has 0 aromatic carbocycles. The summed E-state index contributed by atoms with van der Waals surface area (Å²) in [4.78, 5) is 22.6. The Morgan fingerprint density at radius 1 is 0.545 bits per heavy atom. The molecule has 1 aromatic rings. The fraction of sp³-hybridized carbons (Fsp3) is 0.107. The minimum Gasteiger partial charge on any atom is -0.265 e. The maximum absolute atomic E-state index is 4.81. The first kappa shape index (κ1) is 20.6. The van der Waals surface area contributed by atoms with Crippen LogP contribution in [-0.4, -0.2) is 27.8 Å². The fourth-order valence-electron chi connectivity index (χ4n) is 3.74. The number of fused-ring (bicyclic) bond motifs is 4. The van der Waals surface area contributed by atoms with Gasteiger partial charge < -0.3 is 0 Å². The van der Waals surface area contributed by atoms with Crippen molar-refractivity contribution >= 4 is 22.8 Å². The lowest BCUT2D eigenvalue weighted by molar-refractivity contribution is 0.914. The van der Waals surface area contributed by atoms with E-state index in [1.54, 1.807) is 12.4 Å². The summed E-state index contributed by atoms with van der Waals surface area (Å²) in [5.41, 5.74) is 8.62. The first-order valence-corrected chi connectivity index (χ1v) is 11.1. The van der Waals surface area contributed by atoms with Crippen LogP contribution in [0.5, 0.6) is 0 Å². The molecule has 160 valence electrons. The van der Waals surface area contributed by atoms with Gasteiger partial charge in [0.2, 0.25) is 0 Å². The topological polar surface area (TPSA) is 62.3 Å². The standard InChI is InChI=1S/C23H18N4.C5H5N/c1-2-3-15-10-22-13-20-7-6-18(25-20)11-16-4-5-17(24-16)12-19-8-9-21(26-19)14-23(15)27-22;1-2-4-6-5-3-1/h4-14H,2-3H2,1H3;1-5H. The van der Waals surface area contributed by atoms with Crippen LogP contribution >= 0.6 is 0 Å². The Balaban J connectivity index is 0.000000332. The molecule has 0 atom stereocenters. The monoisotopic (exact) mass is 429 g/mol. The van der Waals surface area contributed by atoms with Gasteiger partial charge in [-0.1, -0.05) is 19.4 Å². The van der Waals surface area contributed by atoms with Crippen molar-refractivity contribution < 1.29 is 0 Å². The van der Waals surface area contributed by atoms with Gasteiger partial charge in [0.05, 0.1) is 45.6 Å². The van der Waals surface area contributed by atoms with E-state index >= 15 is 0 Å². The van der Waals surface area contributed by atoms with E-state index in [-0.39, 0.29) is 0 Å². The van der Waals surface area contributed by atoms with E-state index < -0.39 is 0 Å². The van der Waals surface area contributed by atoms with E-state index in [9.17, 15) is 0 Å². The Kier molecular flexibility index (Phi) is 5.93. The van der Waals surface area contributed by atoms with E-state index in [1.807, 2.05) is 72.9 Å². The number of allylic oxidation sites excluding steroid dienone is 12. The average Bonchev–Trinajstić information content (AvgIpc) is 3.62. The van der Waals surface area contributed by atoms with E-state index in [0.29, 0.717) is 0 Å². The van der Waals surface area contributed by atoms with E-state index in [2.05, 4.69) is 34.0 Å². The Hall–Kier alpha value is -4.25. The molecule has 5 aliphatic rings. The molecule has 0 saturated carbocycles. The number of hydrogen-bond acceptors (Lipinski definition) is 5. The van der Waals surface area contributed by atoms with Crippen LogP contribution < -0.4 is 0 Å². The number of nitrogens with zero attached hydrogens (tertiary/aromatic N) is 5. The number of hydrogen-bond donors (Lipinski definition) is 0. The minimum absolute atomic E-state index is 0.898. The molecule has 6 heterocycles. The van der Waals surface area contributed by atoms with Crippen molar-refractivity contribution in [1.29, 1.82) is 0 Å². The average molecular weight is 430 g/mol. The molecule has 5 heteroatoms. The summed E-state index contributed by atoms with van der Waals surface area (Å²) in [6, 6.07) is 5.72. The van der Waals surface area contributed by atoms with E-state index in [0.717, 1.165) is 58.5 Å². The summed E-state index contributed by atoms with van der Waals surface area (Å²) < 4.78 is 0. The lowest BCUT2D eigenvalue weighted by Crippen LogP contribution is -1.90. The minimum atomic E-state index is 0.898. The Bertz CT molecular complexity index is 1310. The highest BCUT2D eigenvalue weighted by Crippen LogP contribution is 2.26. The van der Waals surface area contributed by atoms with Gasteiger partial charge in [0, 0.05) is 12.4 Å². The molecular formula is C28H23N5. The predicted molar refractivity (Wildman–Crippen MR) is 137 cm³/mol. The predicted octanol–water partition coefficient (Wildman–Crippen LogP) is 5.83. The summed E-state index contributed by atoms with van der Waals surface area (Å²) in [6.07, 6.45) is 27.9. The highest BCUT2D eigenvalue weighted by molar-refractivity contribution is 6.15. The lowest BCUT2D eigenvalue weighted by Gasteiger charge is -2.00. The van der Waals surface area contributed by atoms with Crippen molar-refractivity contribution in [1.82, 2.24) is 4.98 Å². The normalized spacial score (nSPS) is 19.4. The number of aliphatic imine (C=N–C) groups is 4. The van der Waals surface area contributed by atoms with Crippen molar-refractivity contribution in [3.63, 3.8) is 0 Å². The van der Waals surface area contributed by atoms with Gasteiger partial charge in [-0.15, -0.1) is 0 Å². The van der Waals surface area contributed by atoms with Gasteiger partial charge in [-0.3, -0.25) is 4.98 Å². The van der Waals surface area contributed by atoms with Crippen molar-refractivity contribution in [2.75, 3.05) is 0 Å². The molecular weight excluding hydrogens is 406 g/mol. The van der Waals surface area contributed by atoms with Gasteiger partial charge in [0.15, 0.2) is 0 Å². The van der Waals surface area contributed by atoms with E-state index in [4.69, 9.17) is 9.98 Å². The molecule has 0 saturated heterocycles. The van der Waals surface area contributed by atoms with Gasteiger partial charge in [-0.25, -0.2) is 20.0 Å². The highest BCUT2D eigenvalue weighted by atomic mass is 14.8. The van der Waals surface area contributed by atoms with Gasteiger partial charge in [0.25, 0.3) is 0 Å². The van der Waals surface area contributed by atoms with Gasteiger partial charge >= 0.3 is 0 Å². The molecule has 33 heavy (non-hydrogen) atoms. The third kappa shape index (κ3) is 5.15. The van der Waals surface area contributed by atoms with Crippen LogP contribution in [0.3, 0.4) is 0 Å². The molecule has 5 nitrogen and oxygen atoms in total. The van der Waals surface area contributed by atoms with Gasteiger partial charge in [-0.2, -0.15) is 0 Å². The summed E-state index contributed by atoms with van der Waals surface area (Å²) in [6.45, 7) is 2.19. The number of pyridine rings is 1. The van der Waals surface area contributed by atoms with Crippen LogP contribution in [-0.2, 0) is 0 Å². The molecule has 0 amide bonds. The lowest BCUT2D eigenvalue weighted by atomic mass is 10.1. The van der Waals surface area contributed by atoms with Gasteiger partial charge in [0.1, 0.15) is 0 Å². The van der Waals surface area contributed by atoms with Crippen LogP contribution in [0, 0.1) is 0 Å². The molecule has 1 aromatic heterocycles. The summed E-state index contributed by atoms with van der Waals surface area (Å²) in [7, 11) is 0. The second kappa shape index (κ2) is 9.49. The van der Waals surface area contributed by atoms with Gasteiger partial charge in [-0.05, 0) is 91.0 Å². The zero-order chi connectivity index (χ0) is 22.5. The molecule has 0 unspecified atom stereocenters. The largest absolute Gasteiger partial charge is 0.265 e. The highest BCUT2D eigenvalue weighted by Gasteiger charge is 2.16. The Morgan fingerprint density at radius 2 is 1.09 bits per heavy atom. The summed E-state index contributed by atoms with van der Waals surface area (Å²) in [5, 5.41) is 0. The van der Waals surface area contributed by atoms with Crippen molar-refractivity contribution in [3.8, 4) is 0 Å². The van der Waals surface area contributed by atoms with Crippen LogP contribution in [0.4, 0.5) is 0 Å². The Labute approximate surface area is 193 Å². The smallest absolute Gasteiger partial charge is 0.0691 e. The zero-order valence-corrected chi connectivity index (χ0v) is 18.4. The third-order valence-corrected chi connectivity index (χ3v) is 5.21. The molecule has 0 aliphatic carbocycles. The molecule has 5 aliphatic heterocycles. The third-order valence-electron chi connectivity index (χ3n) is 5.21. The molecule has 0 N–H and O–H groups in total. The second-order valence-electron chi connectivity index (χ2n) is 7.83. The SMILES string of the molecule is CCCC1=CC2=NC1=CC1=NC(=CC3=NC(=CC4=NC(=C2)C=C4)C=C3)C=C1.c1ccncc1. The second-order valence-corrected chi connectivity index (χ2v) is 7.83.